The van der Waals surface area contributed by atoms with Crippen LogP contribution in [0.2, 0.25) is 0 Å². The zero-order chi connectivity index (χ0) is 15.6. The van der Waals surface area contributed by atoms with Gasteiger partial charge in [-0.25, -0.2) is 4.98 Å². The Morgan fingerprint density at radius 2 is 1.90 bits per heavy atom. The Kier molecular flexibility index (Phi) is 5.00. The normalized spacial score (nSPS) is 30.2. The molecule has 0 spiro atoms. The average molecular weight is 295 g/mol. The summed E-state index contributed by atoms with van der Waals surface area (Å²) < 4.78 is 16.5. The van der Waals surface area contributed by atoms with Gasteiger partial charge < -0.3 is 19.5 Å². The number of rotatable bonds is 5. The monoisotopic (exact) mass is 295 g/mol. The SMILES string of the molecule is CNC(c1ncc(OC)nc1OC)C1C(C)OC(C)C1C. The third-order valence-electron chi connectivity index (χ3n) is 4.46. The predicted molar refractivity (Wildman–Crippen MR) is 79.6 cm³/mol. The molecule has 2 heterocycles. The van der Waals surface area contributed by atoms with Crippen molar-refractivity contribution in [3.8, 4) is 11.8 Å². The Morgan fingerprint density at radius 1 is 1.19 bits per heavy atom. The molecule has 0 amide bonds. The summed E-state index contributed by atoms with van der Waals surface area (Å²) in [5, 5.41) is 3.35. The van der Waals surface area contributed by atoms with Crippen LogP contribution in [-0.2, 0) is 4.74 Å². The van der Waals surface area contributed by atoms with Crippen molar-refractivity contribution in [1.82, 2.24) is 15.3 Å². The van der Waals surface area contributed by atoms with E-state index in [4.69, 9.17) is 14.2 Å². The van der Waals surface area contributed by atoms with Gasteiger partial charge in [-0.3, -0.25) is 0 Å². The highest BCUT2D eigenvalue weighted by Crippen LogP contribution is 2.41. The van der Waals surface area contributed by atoms with Crippen LogP contribution in [0.25, 0.3) is 0 Å². The van der Waals surface area contributed by atoms with Crippen molar-refractivity contribution in [2.24, 2.45) is 11.8 Å². The fourth-order valence-electron chi connectivity index (χ4n) is 3.21. The molecule has 0 saturated carbocycles. The van der Waals surface area contributed by atoms with E-state index in [2.05, 4.69) is 36.1 Å². The lowest BCUT2D eigenvalue weighted by molar-refractivity contribution is 0.0475. The molecule has 0 aromatic carbocycles. The molecule has 1 aromatic heterocycles. The minimum atomic E-state index is 0.0216. The van der Waals surface area contributed by atoms with Crippen molar-refractivity contribution in [2.75, 3.05) is 21.3 Å². The highest BCUT2D eigenvalue weighted by atomic mass is 16.5. The van der Waals surface area contributed by atoms with E-state index >= 15 is 0 Å². The molecule has 0 radical (unpaired) electrons. The minimum absolute atomic E-state index is 0.0216. The molecule has 5 atom stereocenters. The summed E-state index contributed by atoms with van der Waals surface area (Å²) in [6, 6.07) is 0.0216. The molecule has 2 rings (SSSR count). The van der Waals surface area contributed by atoms with Gasteiger partial charge in [0.25, 0.3) is 0 Å². The molecule has 5 unspecified atom stereocenters. The summed E-state index contributed by atoms with van der Waals surface area (Å²) in [7, 11) is 5.09. The molecular formula is C15H25N3O3. The van der Waals surface area contributed by atoms with Gasteiger partial charge in [0, 0.05) is 5.92 Å². The third kappa shape index (κ3) is 2.96. The maximum atomic E-state index is 5.96. The number of hydrogen-bond acceptors (Lipinski definition) is 6. The molecule has 1 fully saturated rings. The highest BCUT2D eigenvalue weighted by Gasteiger charge is 2.43. The molecule has 6 nitrogen and oxygen atoms in total. The topological polar surface area (TPSA) is 65.5 Å². The van der Waals surface area contributed by atoms with Crippen LogP contribution in [0.3, 0.4) is 0 Å². The number of hydrogen-bond donors (Lipinski definition) is 1. The molecule has 1 N–H and O–H groups in total. The fourth-order valence-corrected chi connectivity index (χ4v) is 3.21. The fraction of sp³-hybridized carbons (Fsp3) is 0.733. The lowest BCUT2D eigenvalue weighted by atomic mass is 9.82. The van der Waals surface area contributed by atoms with Crippen molar-refractivity contribution in [1.29, 1.82) is 0 Å². The van der Waals surface area contributed by atoms with Crippen molar-refractivity contribution >= 4 is 0 Å². The Labute approximate surface area is 126 Å². The predicted octanol–water partition coefficient (Wildman–Crippen LogP) is 1.81. The summed E-state index contributed by atoms with van der Waals surface area (Å²) in [6.45, 7) is 6.44. The van der Waals surface area contributed by atoms with Crippen molar-refractivity contribution in [3.63, 3.8) is 0 Å². The molecule has 118 valence electrons. The van der Waals surface area contributed by atoms with E-state index in [1.165, 1.54) is 0 Å². The molecule has 0 bridgehead atoms. The smallest absolute Gasteiger partial charge is 0.240 e. The lowest BCUT2D eigenvalue weighted by Gasteiger charge is -2.28. The van der Waals surface area contributed by atoms with E-state index in [1.807, 2.05) is 7.05 Å². The van der Waals surface area contributed by atoms with E-state index in [0.29, 0.717) is 23.6 Å². The van der Waals surface area contributed by atoms with Gasteiger partial charge in [0.15, 0.2) is 0 Å². The molecule has 0 aliphatic carbocycles. The molecular weight excluding hydrogens is 270 g/mol. The maximum absolute atomic E-state index is 5.96. The van der Waals surface area contributed by atoms with Gasteiger partial charge in [-0.1, -0.05) is 6.92 Å². The van der Waals surface area contributed by atoms with Crippen molar-refractivity contribution in [2.45, 2.75) is 39.0 Å². The first-order valence-electron chi connectivity index (χ1n) is 7.31. The van der Waals surface area contributed by atoms with Crippen molar-refractivity contribution < 1.29 is 14.2 Å². The van der Waals surface area contributed by atoms with Crippen LogP contribution in [0, 0.1) is 11.8 Å². The van der Waals surface area contributed by atoms with E-state index in [0.717, 1.165) is 5.69 Å². The summed E-state index contributed by atoms with van der Waals surface area (Å²) in [5.74, 6) is 1.67. The molecule has 1 aliphatic rings. The number of nitrogens with zero attached hydrogens (tertiary/aromatic N) is 2. The summed E-state index contributed by atoms with van der Waals surface area (Å²) in [6.07, 6.45) is 2.01. The number of aromatic nitrogens is 2. The summed E-state index contributed by atoms with van der Waals surface area (Å²) in [5.41, 5.74) is 0.794. The van der Waals surface area contributed by atoms with Crippen LogP contribution in [0.5, 0.6) is 11.8 Å². The Bertz CT molecular complexity index is 483. The van der Waals surface area contributed by atoms with Crippen LogP contribution in [0.15, 0.2) is 6.20 Å². The Hall–Kier alpha value is -1.40. The molecule has 1 aliphatic heterocycles. The highest BCUT2D eigenvalue weighted by molar-refractivity contribution is 5.27. The van der Waals surface area contributed by atoms with Gasteiger partial charge in [-0.2, -0.15) is 4.98 Å². The van der Waals surface area contributed by atoms with Crippen LogP contribution in [0.1, 0.15) is 32.5 Å². The summed E-state index contributed by atoms with van der Waals surface area (Å²) in [4.78, 5) is 8.83. The lowest BCUT2D eigenvalue weighted by Crippen LogP contribution is -2.34. The molecule has 21 heavy (non-hydrogen) atoms. The minimum Gasteiger partial charge on any atom is -0.480 e. The largest absolute Gasteiger partial charge is 0.480 e. The quantitative estimate of drug-likeness (QED) is 0.894. The van der Waals surface area contributed by atoms with Crippen molar-refractivity contribution in [3.05, 3.63) is 11.9 Å². The van der Waals surface area contributed by atoms with Gasteiger partial charge >= 0.3 is 0 Å². The molecule has 1 saturated heterocycles. The number of ether oxygens (including phenoxy) is 3. The first-order chi connectivity index (χ1) is 10.0. The Balaban J connectivity index is 2.37. The van der Waals surface area contributed by atoms with E-state index in [-0.39, 0.29) is 18.2 Å². The van der Waals surface area contributed by atoms with Gasteiger partial charge in [-0.15, -0.1) is 0 Å². The van der Waals surface area contributed by atoms with Crippen LogP contribution < -0.4 is 14.8 Å². The van der Waals surface area contributed by atoms with Crippen LogP contribution in [-0.4, -0.2) is 43.4 Å². The van der Waals surface area contributed by atoms with Crippen LogP contribution >= 0.6 is 0 Å². The van der Waals surface area contributed by atoms with Gasteiger partial charge in [0.05, 0.1) is 38.7 Å². The third-order valence-corrected chi connectivity index (χ3v) is 4.46. The van der Waals surface area contributed by atoms with Crippen LogP contribution in [0.4, 0.5) is 0 Å². The van der Waals surface area contributed by atoms with E-state index in [9.17, 15) is 0 Å². The first kappa shape index (κ1) is 16.0. The van der Waals surface area contributed by atoms with Gasteiger partial charge in [-0.05, 0) is 26.8 Å². The zero-order valence-electron chi connectivity index (χ0n) is 13.6. The first-order valence-corrected chi connectivity index (χ1v) is 7.31. The van der Waals surface area contributed by atoms with E-state index in [1.54, 1.807) is 20.4 Å². The van der Waals surface area contributed by atoms with E-state index < -0.39 is 0 Å². The van der Waals surface area contributed by atoms with Gasteiger partial charge in [0.1, 0.15) is 5.69 Å². The standard InChI is InChI=1S/C15H25N3O3/c1-8-9(2)21-10(3)12(8)13(16-4)14-15(20-6)18-11(19-5)7-17-14/h7-10,12-13,16H,1-6H3. The maximum Gasteiger partial charge on any atom is 0.240 e. The second-order valence-electron chi connectivity index (χ2n) is 5.56. The number of nitrogens with one attached hydrogen (secondary N) is 1. The number of methoxy groups -OCH3 is 2. The Morgan fingerprint density at radius 3 is 2.38 bits per heavy atom. The zero-order valence-corrected chi connectivity index (χ0v) is 13.6. The summed E-state index contributed by atoms with van der Waals surface area (Å²) >= 11 is 0. The second-order valence-corrected chi connectivity index (χ2v) is 5.56. The van der Waals surface area contributed by atoms with Gasteiger partial charge in [0.2, 0.25) is 11.8 Å². The average Bonchev–Trinajstić information content (AvgIpc) is 2.74. The molecule has 1 aromatic rings. The molecule has 6 heteroatoms. The second kappa shape index (κ2) is 6.58.